The van der Waals surface area contributed by atoms with Crippen molar-refractivity contribution < 1.29 is 9.84 Å². The van der Waals surface area contributed by atoms with Gasteiger partial charge in [-0.1, -0.05) is 24.3 Å². The number of nitrogens with two attached hydrogens (primary N) is 1. The van der Waals surface area contributed by atoms with E-state index in [9.17, 15) is 5.11 Å². The van der Waals surface area contributed by atoms with E-state index in [1.807, 2.05) is 31.2 Å². The van der Waals surface area contributed by atoms with E-state index in [-0.39, 0.29) is 5.75 Å². The summed E-state index contributed by atoms with van der Waals surface area (Å²) in [5.74, 6) is 0.624. The zero-order valence-electron chi connectivity index (χ0n) is 9.68. The van der Waals surface area contributed by atoms with Crippen molar-refractivity contribution in [2.45, 2.75) is 13.5 Å². The number of anilines is 1. The molecule has 0 heterocycles. The fraction of sp³-hybridized carbons (Fsp3) is 0.143. The van der Waals surface area contributed by atoms with Crippen molar-refractivity contribution in [2.75, 3.05) is 5.73 Å². The number of hydrogen-bond acceptors (Lipinski definition) is 3. The van der Waals surface area contributed by atoms with Crippen LogP contribution < -0.4 is 10.5 Å². The second-order valence-corrected chi connectivity index (χ2v) is 3.95. The molecule has 2 aromatic carbocycles. The molecule has 0 radical (unpaired) electrons. The number of rotatable bonds is 3. The largest absolute Gasteiger partial charge is 0.504 e. The Labute approximate surface area is 100 Å². The van der Waals surface area contributed by atoms with Crippen LogP contribution in [0.15, 0.2) is 42.5 Å². The molecule has 0 saturated carbocycles. The summed E-state index contributed by atoms with van der Waals surface area (Å²) in [6.07, 6.45) is 0. The fourth-order valence-corrected chi connectivity index (χ4v) is 1.52. The normalized spacial score (nSPS) is 10.2. The Morgan fingerprint density at radius 2 is 1.94 bits per heavy atom. The zero-order valence-corrected chi connectivity index (χ0v) is 9.68. The number of ether oxygens (including phenoxy) is 1. The molecule has 0 saturated heterocycles. The third kappa shape index (κ3) is 2.69. The summed E-state index contributed by atoms with van der Waals surface area (Å²) >= 11 is 0. The van der Waals surface area contributed by atoms with Gasteiger partial charge in [-0.2, -0.15) is 0 Å². The monoisotopic (exact) mass is 229 g/mol. The van der Waals surface area contributed by atoms with Crippen molar-refractivity contribution in [2.24, 2.45) is 0 Å². The van der Waals surface area contributed by atoms with Crippen LogP contribution in [0.2, 0.25) is 0 Å². The highest BCUT2D eigenvalue weighted by atomic mass is 16.5. The van der Waals surface area contributed by atoms with E-state index < -0.39 is 0 Å². The third-order valence-electron chi connectivity index (χ3n) is 2.60. The maximum absolute atomic E-state index is 9.54. The van der Waals surface area contributed by atoms with Crippen molar-refractivity contribution in [3.63, 3.8) is 0 Å². The van der Waals surface area contributed by atoms with Crippen LogP contribution in [0.3, 0.4) is 0 Å². The number of para-hydroxylation sites is 2. The second kappa shape index (κ2) is 4.78. The highest BCUT2D eigenvalue weighted by Crippen LogP contribution is 2.25. The van der Waals surface area contributed by atoms with Crippen LogP contribution in [0.25, 0.3) is 0 Å². The summed E-state index contributed by atoms with van der Waals surface area (Å²) < 4.78 is 5.51. The van der Waals surface area contributed by atoms with Gasteiger partial charge in [-0.3, -0.25) is 0 Å². The molecule has 0 amide bonds. The molecule has 3 nitrogen and oxygen atoms in total. The highest BCUT2D eigenvalue weighted by Gasteiger charge is 2.02. The molecule has 2 rings (SSSR count). The van der Waals surface area contributed by atoms with E-state index in [2.05, 4.69) is 0 Å². The molecule has 0 aliphatic heterocycles. The van der Waals surface area contributed by atoms with Crippen LogP contribution in [0, 0.1) is 6.92 Å². The number of aromatic hydroxyl groups is 1. The molecule has 0 unspecified atom stereocenters. The molecule has 17 heavy (non-hydrogen) atoms. The van der Waals surface area contributed by atoms with Crippen LogP contribution in [-0.4, -0.2) is 5.11 Å². The average Bonchev–Trinajstić information content (AvgIpc) is 2.32. The molecule has 2 aromatic rings. The lowest BCUT2D eigenvalue weighted by atomic mass is 10.1. The lowest BCUT2D eigenvalue weighted by Gasteiger charge is -2.09. The number of phenolic OH excluding ortho intramolecular Hbond substituents is 1. The van der Waals surface area contributed by atoms with E-state index >= 15 is 0 Å². The van der Waals surface area contributed by atoms with E-state index in [1.165, 1.54) is 0 Å². The van der Waals surface area contributed by atoms with Gasteiger partial charge >= 0.3 is 0 Å². The lowest BCUT2D eigenvalue weighted by molar-refractivity contribution is 0.289. The maximum atomic E-state index is 9.54. The van der Waals surface area contributed by atoms with Gasteiger partial charge in [0.15, 0.2) is 11.5 Å². The fourth-order valence-electron chi connectivity index (χ4n) is 1.52. The summed E-state index contributed by atoms with van der Waals surface area (Å²) in [5, 5.41) is 9.54. The highest BCUT2D eigenvalue weighted by molar-refractivity contribution is 5.48. The standard InChI is InChI=1S/C14H15NO2/c1-10-6-7-11(8-12(10)15)9-17-14-5-3-2-4-13(14)16/h2-8,16H,9,15H2,1H3. The molecule has 0 aliphatic rings. The quantitative estimate of drug-likeness (QED) is 0.796. The maximum Gasteiger partial charge on any atom is 0.161 e. The predicted octanol–water partition coefficient (Wildman–Crippen LogP) is 2.86. The van der Waals surface area contributed by atoms with Gasteiger partial charge < -0.3 is 15.6 Å². The summed E-state index contributed by atoms with van der Waals surface area (Å²) in [6.45, 7) is 2.35. The van der Waals surface area contributed by atoms with Crippen LogP contribution in [0.5, 0.6) is 11.5 Å². The van der Waals surface area contributed by atoms with Crippen LogP contribution in [-0.2, 0) is 6.61 Å². The van der Waals surface area contributed by atoms with Crippen LogP contribution in [0.1, 0.15) is 11.1 Å². The topological polar surface area (TPSA) is 55.5 Å². The van der Waals surface area contributed by atoms with E-state index in [0.29, 0.717) is 12.4 Å². The smallest absolute Gasteiger partial charge is 0.161 e. The molecule has 3 heteroatoms. The van der Waals surface area contributed by atoms with Gasteiger partial charge in [0.25, 0.3) is 0 Å². The molecule has 0 atom stereocenters. The Balaban J connectivity index is 2.08. The van der Waals surface area contributed by atoms with Gasteiger partial charge in [-0.05, 0) is 36.2 Å². The zero-order chi connectivity index (χ0) is 12.3. The van der Waals surface area contributed by atoms with E-state index in [1.54, 1.807) is 18.2 Å². The van der Waals surface area contributed by atoms with Gasteiger partial charge in [0.2, 0.25) is 0 Å². The average molecular weight is 229 g/mol. The third-order valence-corrected chi connectivity index (χ3v) is 2.60. The molecule has 88 valence electrons. The van der Waals surface area contributed by atoms with Gasteiger partial charge in [0.05, 0.1) is 0 Å². The number of aryl methyl sites for hydroxylation is 1. The molecule has 0 bridgehead atoms. The van der Waals surface area contributed by atoms with E-state index in [4.69, 9.17) is 10.5 Å². The van der Waals surface area contributed by atoms with Gasteiger partial charge in [0, 0.05) is 5.69 Å². The first-order valence-corrected chi connectivity index (χ1v) is 5.42. The minimum Gasteiger partial charge on any atom is -0.504 e. The van der Waals surface area contributed by atoms with Gasteiger partial charge in [-0.15, -0.1) is 0 Å². The first-order valence-electron chi connectivity index (χ1n) is 5.42. The molecular formula is C14H15NO2. The van der Waals surface area contributed by atoms with Crippen LogP contribution >= 0.6 is 0 Å². The summed E-state index contributed by atoms with van der Waals surface area (Å²) in [4.78, 5) is 0. The van der Waals surface area contributed by atoms with Crippen molar-refractivity contribution in [1.29, 1.82) is 0 Å². The summed E-state index contributed by atoms with van der Waals surface area (Å²) in [7, 11) is 0. The molecule has 0 spiro atoms. The first-order chi connectivity index (χ1) is 8.16. The Kier molecular flexibility index (Phi) is 3.19. The molecular weight excluding hydrogens is 214 g/mol. The van der Waals surface area contributed by atoms with Crippen LogP contribution in [0.4, 0.5) is 5.69 Å². The molecule has 3 N–H and O–H groups in total. The lowest BCUT2D eigenvalue weighted by Crippen LogP contribution is -1.98. The molecule has 0 aromatic heterocycles. The van der Waals surface area contributed by atoms with Crippen molar-refractivity contribution in [3.8, 4) is 11.5 Å². The van der Waals surface area contributed by atoms with Crippen molar-refractivity contribution in [3.05, 3.63) is 53.6 Å². The number of benzene rings is 2. The summed E-state index contributed by atoms with van der Waals surface area (Å²) in [6, 6.07) is 12.7. The molecule has 0 aliphatic carbocycles. The predicted molar refractivity (Wildman–Crippen MR) is 68.0 cm³/mol. The van der Waals surface area contributed by atoms with Gasteiger partial charge in [-0.25, -0.2) is 0 Å². The Morgan fingerprint density at radius 1 is 1.18 bits per heavy atom. The van der Waals surface area contributed by atoms with Gasteiger partial charge in [0.1, 0.15) is 6.61 Å². The minimum absolute atomic E-state index is 0.146. The summed E-state index contributed by atoms with van der Waals surface area (Å²) in [5.41, 5.74) is 8.60. The van der Waals surface area contributed by atoms with E-state index in [0.717, 1.165) is 16.8 Å². The Hall–Kier alpha value is -2.16. The SMILES string of the molecule is Cc1ccc(COc2ccccc2O)cc1N. The number of phenols is 1. The van der Waals surface area contributed by atoms with Crippen molar-refractivity contribution in [1.82, 2.24) is 0 Å². The second-order valence-electron chi connectivity index (χ2n) is 3.95. The first kappa shape index (κ1) is 11.3. The number of nitrogen functional groups attached to an aromatic ring is 1. The van der Waals surface area contributed by atoms with Crippen molar-refractivity contribution >= 4 is 5.69 Å². The Morgan fingerprint density at radius 3 is 2.65 bits per heavy atom. The molecule has 0 fully saturated rings. The minimum atomic E-state index is 0.146. The number of hydrogen-bond donors (Lipinski definition) is 2. The Bertz CT molecular complexity index is 523.